The summed E-state index contributed by atoms with van der Waals surface area (Å²) in [5, 5.41) is 0. The highest BCUT2D eigenvalue weighted by Gasteiger charge is 2.28. The first-order valence-corrected chi connectivity index (χ1v) is 10.8. The van der Waals surface area contributed by atoms with E-state index in [-0.39, 0.29) is 13.7 Å². The van der Waals surface area contributed by atoms with Crippen LogP contribution in [0, 0.1) is 0 Å². The Hall–Kier alpha value is 0.350. The van der Waals surface area contributed by atoms with Crippen LogP contribution in [0.2, 0.25) is 0 Å². The highest BCUT2D eigenvalue weighted by atomic mass is 31.1. The first-order chi connectivity index (χ1) is 9.60. The molecule has 0 saturated heterocycles. The van der Waals surface area contributed by atoms with E-state index in [0.717, 1.165) is 12.8 Å². The topological polar surface area (TPSA) is 18.5 Å². The van der Waals surface area contributed by atoms with Crippen LogP contribution in [-0.2, 0) is 9.47 Å². The molecule has 122 valence electrons. The lowest BCUT2D eigenvalue weighted by Gasteiger charge is -2.31. The maximum atomic E-state index is 5.70. The lowest BCUT2D eigenvalue weighted by atomic mass is 10.0. The van der Waals surface area contributed by atoms with E-state index in [2.05, 4.69) is 20.3 Å². The molecule has 0 aliphatic rings. The van der Waals surface area contributed by atoms with Crippen molar-refractivity contribution in [1.29, 1.82) is 0 Å². The third-order valence-corrected chi connectivity index (χ3v) is 5.28. The summed E-state index contributed by atoms with van der Waals surface area (Å²) in [6.07, 6.45) is 14.0. The van der Waals surface area contributed by atoms with E-state index < -0.39 is 0 Å². The van der Waals surface area contributed by atoms with Gasteiger partial charge in [-0.2, -0.15) is 0 Å². The maximum absolute atomic E-state index is 5.70. The summed E-state index contributed by atoms with van der Waals surface area (Å²) in [6, 6.07) is 0. The minimum atomic E-state index is -0.325. The van der Waals surface area contributed by atoms with E-state index in [1.807, 2.05) is 0 Å². The van der Waals surface area contributed by atoms with Crippen LogP contribution in [0.5, 0.6) is 0 Å². The number of rotatable bonds is 14. The van der Waals surface area contributed by atoms with Gasteiger partial charge in [0.25, 0.3) is 0 Å². The van der Waals surface area contributed by atoms with E-state index in [9.17, 15) is 0 Å². The van der Waals surface area contributed by atoms with E-state index in [0.29, 0.717) is 0 Å². The number of hydrogen-bond donors (Lipinski definition) is 0. The Balaban J connectivity index is 3.82. The van der Waals surface area contributed by atoms with Gasteiger partial charge in [0.15, 0.2) is 5.79 Å². The molecule has 0 aromatic heterocycles. The molecule has 0 rings (SSSR count). The van der Waals surface area contributed by atoms with Gasteiger partial charge in [-0.25, -0.2) is 0 Å². The molecule has 20 heavy (non-hydrogen) atoms. The van der Waals surface area contributed by atoms with Crippen molar-refractivity contribution in [3.63, 3.8) is 0 Å². The highest BCUT2D eigenvalue weighted by molar-refractivity contribution is 7.55. The van der Waals surface area contributed by atoms with Crippen LogP contribution in [0.25, 0.3) is 0 Å². The molecule has 0 N–H and O–H groups in total. The fraction of sp³-hybridized carbons (Fsp3) is 1.00. The Morgan fingerprint density at radius 1 is 0.750 bits per heavy atom. The van der Waals surface area contributed by atoms with Gasteiger partial charge in [-0.15, -0.1) is 7.92 Å². The van der Waals surface area contributed by atoms with Crippen LogP contribution in [0.3, 0.4) is 0 Å². The third kappa shape index (κ3) is 10.1. The monoisotopic (exact) mass is 304 g/mol. The molecule has 0 fully saturated rings. The van der Waals surface area contributed by atoms with Gasteiger partial charge < -0.3 is 9.47 Å². The predicted octanol–water partition coefficient (Wildman–Crippen LogP) is 5.64. The Bertz CT molecular complexity index is 203. The van der Waals surface area contributed by atoms with Crippen LogP contribution in [0.4, 0.5) is 0 Å². The van der Waals surface area contributed by atoms with Gasteiger partial charge in [0, 0.05) is 27.1 Å². The summed E-state index contributed by atoms with van der Waals surface area (Å²) in [7, 11) is 3.79. The Kier molecular flexibility index (Phi) is 13.3. The quantitative estimate of drug-likeness (QED) is 0.235. The molecule has 0 heterocycles. The number of methoxy groups -OCH3 is 2. The molecule has 3 heteroatoms. The SMILES string of the molecule is CCCCCCCCCC(CCCP(C)C)(OC)OC. The molecular formula is C17H37O2P. The van der Waals surface area contributed by atoms with Gasteiger partial charge in [-0.05, 0) is 32.3 Å². The molecule has 0 aromatic rings. The molecule has 0 atom stereocenters. The van der Waals surface area contributed by atoms with Crippen molar-refractivity contribution in [2.24, 2.45) is 0 Å². The standard InChI is InChI=1S/C17H37O2P/c1-6-7-8-9-10-11-12-14-17(18-2,19-3)15-13-16-20(4)5/h6-16H2,1-5H3. The Labute approximate surface area is 128 Å². The second-order valence-corrected chi connectivity index (χ2v) is 8.70. The second kappa shape index (κ2) is 13.0. The van der Waals surface area contributed by atoms with Crippen molar-refractivity contribution in [2.75, 3.05) is 33.7 Å². The molecule has 0 saturated carbocycles. The number of unbranched alkanes of at least 4 members (excludes halogenated alkanes) is 6. The minimum absolute atomic E-state index is 0.201. The molecular weight excluding hydrogens is 267 g/mol. The lowest BCUT2D eigenvalue weighted by Crippen LogP contribution is -2.33. The summed E-state index contributed by atoms with van der Waals surface area (Å²) in [5.41, 5.74) is 0. The van der Waals surface area contributed by atoms with E-state index in [4.69, 9.17) is 9.47 Å². The molecule has 0 aliphatic heterocycles. The van der Waals surface area contributed by atoms with E-state index >= 15 is 0 Å². The highest BCUT2D eigenvalue weighted by Crippen LogP contribution is 2.31. The summed E-state index contributed by atoms with van der Waals surface area (Å²) in [5.74, 6) is -0.325. The largest absolute Gasteiger partial charge is 0.353 e. The lowest BCUT2D eigenvalue weighted by molar-refractivity contribution is -0.215. The molecule has 0 aromatic carbocycles. The van der Waals surface area contributed by atoms with Crippen LogP contribution in [0.1, 0.15) is 71.1 Å². The first kappa shape index (κ1) is 20.3. The zero-order valence-electron chi connectivity index (χ0n) is 14.5. The Morgan fingerprint density at radius 3 is 1.75 bits per heavy atom. The summed E-state index contributed by atoms with van der Waals surface area (Å²) >= 11 is 0. The van der Waals surface area contributed by atoms with Gasteiger partial charge in [0.1, 0.15) is 0 Å². The van der Waals surface area contributed by atoms with E-state index in [1.54, 1.807) is 14.2 Å². The van der Waals surface area contributed by atoms with Crippen LogP contribution >= 0.6 is 7.92 Å². The summed E-state index contributed by atoms with van der Waals surface area (Å²) in [4.78, 5) is 0. The minimum Gasteiger partial charge on any atom is -0.353 e. The van der Waals surface area contributed by atoms with Crippen molar-refractivity contribution < 1.29 is 9.47 Å². The molecule has 0 amide bonds. The van der Waals surface area contributed by atoms with Crippen molar-refractivity contribution in [3.05, 3.63) is 0 Å². The first-order valence-electron chi connectivity index (χ1n) is 8.35. The van der Waals surface area contributed by atoms with Crippen molar-refractivity contribution in [1.82, 2.24) is 0 Å². The van der Waals surface area contributed by atoms with Crippen molar-refractivity contribution in [3.8, 4) is 0 Å². The van der Waals surface area contributed by atoms with Gasteiger partial charge in [-0.1, -0.05) is 45.4 Å². The average Bonchev–Trinajstić information content (AvgIpc) is 2.44. The van der Waals surface area contributed by atoms with Gasteiger partial charge in [0.05, 0.1) is 0 Å². The molecule has 0 radical (unpaired) electrons. The molecule has 0 spiro atoms. The molecule has 0 aliphatic carbocycles. The summed E-state index contributed by atoms with van der Waals surface area (Å²) < 4.78 is 11.4. The number of hydrogen-bond acceptors (Lipinski definition) is 2. The van der Waals surface area contributed by atoms with Crippen LogP contribution in [-0.4, -0.2) is 39.5 Å². The fourth-order valence-corrected chi connectivity index (χ4v) is 3.42. The summed E-state index contributed by atoms with van der Waals surface area (Å²) in [6.45, 7) is 6.95. The van der Waals surface area contributed by atoms with Gasteiger partial charge in [0.2, 0.25) is 0 Å². The zero-order valence-corrected chi connectivity index (χ0v) is 15.4. The van der Waals surface area contributed by atoms with E-state index in [1.165, 1.54) is 57.5 Å². The number of ether oxygens (including phenoxy) is 2. The van der Waals surface area contributed by atoms with Crippen LogP contribution in [0.15, 0.2) is 0 Å². The molecule has 0 bridgehead atoms. The fourth-order valence-electron chi connectivity index (χ4n) is 2.63. The van der Waals surface area contributed by atoms with Crippen molar-refractivity contribution >= 4 is 7.92 Å². The third-order valence-electron chi connectivity index (χ3n) is 4.07. The Morgan fingerprint density at radius 2 is 1.25 bits per heavy atom. The smallest absolute Gasteiger partial charge is 0.167 e. The molecule has 0 unspecified atom stereocenters. The normalized spacial score (nSPS) is 12.3. The van der Waals surface area contributed by atoms with Crippen LogP contribution < -0.4 is 0 Å². The van der Waals surface area contributed by atoms with Gasteiger partial charge in [-0.3, -0.25) is 0 Å². The predicted molar refractivity (Wildman–Crippen MR) is 92.2 cm³/mol. The maximum Gasteiger partial charge on any atom is 0.167 e. The molecule has 2 nitrogen and oxygen atoms in total. The average molecular weight is 304 g/mol. The second-order valence-electron chi connectivity index (χ2n) is 6.10. The van der Waals surface area contributed by atoms with Crippen molar-refractivity contribution in [2.45, 2.75) is 76.9 Å². The zero-order chi connectivity index (χ0) is 15.3. The van der Waals surface area contributed by atoms with Gasteiger partial charge >= 0.3 is 0 Å².